The van der Waals surface area contributed by atoms with Crippen molar-refractivity contribution in [3.8, 4) is 45.8 Å². The van der Waals surface area contributed by atoms with E-state index in [2.05, 4.69) is 124 Å². The van der Waals surface area contributed by atoms with Crippen LogP contribution >= 0.6 is 0 Å². The van der Waals surface area contributed by atoms with Gasteiger partial charge in [0, 0.05) is 27.1 Å². The number of aromatic nitrogens is 2. The molecule has 0 unspecified atom stereocenters. The van der Waals surface area contributed by atoms with Crippen LogP contribution in [0.2, 0.25) is 0 Å². The molecule has 0 radical (unpaired) electrons. The molecule has 0 saturated carbocycles. The minimum Gasteiger partial charge on any atom is -0.308 e. The van der Waals surface area contributed by atoms with E-state index in [-0.39, 0.29) is 0 Å². The molecule has 0 bridgehead atoms. The first kappa shape index (κ1) is 27.4. The van der Waals surface area contributed by atoms with Crippen molar-refractivity contribution < 1.29 is 0 Å². The predicted molar refractivity (Wildman–Crippen MR) is 195 cm³/mol. The van der Waals surface area contributed by atoms with Crippen LogP contribution in [0.1, 0.15) is 11.1 Å². The van der Waals surface area contributed by atoms with Crippen LogP contribution in [0.15, 0.2) is 158 Å². The third-order valence-electron chi connectivity index (χ3n) is 9.43. The summed E-state index contributed by atoms with van der Waals surface area (Å²) >= 11 is 0. The standard InChI is InChI=1S/C44H26N4/c45-27-30-12-11-19-38-37-18-6-10-23-43(37)48(44(30)38)42-22-9-3-15-34(42)33-14-2-1-13-32(33)29-24-25-39(31(26-29)28-46)47-40-20-7-4-16-35(40)36-17-5-8-21-41(36)47/h1-26H. The first-order valence-electron chi connectivity index (χ1n) is 15.9. The molecule has 0 fully saturated rings. The van der Waals surface area contributed by atoms with Crippen molar-refractivity contribution >= 4 is 43.6 Å². The third kappa shape index (κ3) is 4.01. The number of hydrogen-bond acceptors (Lipinski definition) is 2. The van der Waals surface area contributed by atoms with Gasteiger partial charge in [-0.15, -0.1) is 0 Å². The van der Waals surface area contributed by atoms with Crippen LogP contribution in [0, 0.1) is 22.7 Å². The van der Waals surface area contributed by atoms with Gasteiger partial charge in [-0.25, -0.2) is 0 Å². The zero-order valence-electron chi connectivity index (χ0n) is 25.8. The van der Waals surface area contributed by atoms with E-state index in [1.807, 2.05) is 54.6 Å². The average molecular weight is 611 g/mol. The summed E-state index contributed by atoms with van der Waals surface area (Å²) in [6.45, 7) is 0. The second-order valence-electron chi connectivity index (χ2n) is 11.9. The Labute approximate surface area is 277 Å². The van der Waals surface area contributed by atoms with Gasteiger partial charge < -0.3 is 9.13 Å². The molecule has 48 heavy (non-hydrogen) atoms. The Morgan fingerprint density at radius 2 is 0.896 bits per heavy atom. The summed E-state index contributed by atoms with van der Waals surface area (Å²) in [5.41, 5.74) is 11.2. The Hall–Kier alpha value is -6.88. The lowest BCUT2D eigenvalue weighted by Gasteiger charge is -2.18. The maximum absolute atomic E-state index is 10.5. The van der Waals surface area contributed by atoms with E-state index in [9.17, 15) is 10.5 Å². The van der Waals surface area contributed by atoms with Gasteiger partial charge >= 0.3 is 0 Å². The second-order valence-corrected chi connectivity index (χ2v) is 11.9. The molecule has 0 spiro atoms. The van der Waals surface area contributed by atoms with Crippen LogP contribution in [-0.4, -0.2) is 9.13 Å². The second kappa shape index (κ2) is 10.9. The lowest BCUT2D eigenvalue weighted by Crippen LogP contribution is -2.00. The summed E-state index contributed by atoms with van der Waals surface area (Å²) in [5, 5.41) is 25.2. The van der Waals surface area contributed by atoms with Gasteiger partial charge in [0.2, 0.25) is 0 Å². The van der Waals surface area contributed by atoms with Gasteiger partial charge in [-0.2, -0.15) is 10.5 Å². The van der Waals surface area contributed by atoms with Gasteiger partial charge in [-0.1, -0.05) is 115 Å². The molecule has 0 amide bonds. The van der Waals surface area contributed by atoms with Crippen LogP contribution < -0.4 is 0 Å². The van der Waals surface area contributed by atoms with Crippen LogP contribution in [0.5, 0.6) is 0 Å². The summed E-state index contributed by atoms with van der Waals surface area (Å²) in [4.78, 5) is 0. The maximum atomic E-state index is 10.5. The maximum Gasteiger partial charge on any atom is 0.101 e. The monoisotopic (exact) mass is 610 g/mol. The Bertz CT molecular complexity index is 2760. The van der Waals surface area contributed by atoms with Crippen molar-refractivity contribution in [1.29, 1.82) is 10.5 Å². The van der Waals surface area contributed by atoms with Crippen molar-refractivity contribution in [1.82, 2.24) is 9.13 Å². The van der Waals surface area contributed by atoms with Gasteiger partial charge in [0.25, 0.3) is 0 Å². The highest BCUT2D eigenvalue weighted by Gasteiger charge is 2.20. The van der Waals surface area contributed by atoms with Gasteiger partial charge in [0.1, 0.15) is 12.1 Å². The summed E-state index contributed by atoms with van der Waals surface area (Å²) in [5.74, 6) is 0. The van der Waals surface area contributed by atoms with Crippen LogP contribution in [0.25, 0.3) is 77.2 Å². The van der Waals surface area contributed by atoms with E-state index in [1.54, 1.807) is 0 Å². The molecule has 7 aromatic carbocycles. The molecule has 9 aromatic rings. The van der Waals surface area contributed by atoms with E-state index >= 15 is 0 Å². The van der Waals surface area contributed by atoms with E-state index in [4.69, 9.17) is 0 Å². The van der Waals surface area contributed by atoms with Gasteiger partial charge in [0.15, 0.2) is 0 Å². The molecule has 0 aliphatic carbocycles. The molecular weight excluding hydrogens is 585 g/mol. The van der Waals surface area contributed by atoms with Crippen LogP contribution in [0.3, 0.4) is 0 Å². The first-order chi connectivity index (χ1) is 23.8. The Morgan fingerprint density at radius 3 is 1.56 bits per heavy atom. The van der Waals surface area contributed by atoms with Crippen molar-refractivity contribution in [3.63, 3.8) is 0 Å². The summed E-state index contributed by atoms with van der Waals surface area (Å²) in [6, 6.07) is 58.8. The minimum atomic E-state index is 0.600. The number of hydrogen-bond donors (Lipinski definition) is 0. The Balaban J connectivity index is 1.26. The number of nitrogens with zero attached hydrogens (tertiary/aromatic N) is 4. The quantitative estimate of drug-likeness (QED) is 0.199. The summed E-state index contributed by atoms with van der Waals surface area (Å²) < 4.78 is 4.42. The largest absolute Gasteiger partial charge is 0.308 e. The number of fused-ring (bicyclic) bond motifs is 6. The molecule has 222 valence electrons. The Kier molecular flexibility index (Phi) is 6.22. The zero-order valence-corrected chi connectivity index (χ0v) is 25.8. The van der Waals surface area contributed by atoms with Crippen molar-refractivity contribution in [2.24, 2.45) is 0 Å². The smallest absolute Gasteiger partial charge is 0.101 e. The lowest BCUT2D eigenvalue weighted by atomic mass is 9.92. The molecule has 9 rings (SSSR count). The van der Waals surface area contributed by atoms with E-state index < -0.39 is 0 Å². The molecule has 2 heterocycles. The molecular formula is C44H26N4. The summed E-state index contributed by atoms with van der Waals surface area (Å²) in [7, 11) is 0. The summed E-state index contributed by atoms with van der Waals surface area (Å²) in [6.07, 6.45) is 0. The van der Waals surface area contributed by atoms with Crippen molar-refractivity contribution in [2.75, 3.05) is 0 Å². The number of nitriles is 2. The fourth-order valence-electron chi connectivity index (χ4n) is 7.40. The van der Waals surface area contributed by atoms with Gasteiger partial charge in [-0.3, -0.25) is 0 Å². The molecule has 0 atom stereocenters. The van der Waals surface area contributed by atoms with E-state index in [1.165, 1.54) is 0 Å². The third-order valence-corrected chi connectivity index (χ3v) is 9.43. The molecule has 0 aliphatic rings. The van der Waals surface area contributed by atoms with Gasteiger partial charge in [-0.05, 0) is 59.2 Å². The highest BCUT2D eigenvalue weighted by molar-refractivity contribution is 6.12. The normalized spacial score (nSPS) is 11.3. The van der Waals surface area contributed by atoms with E-state index in [0.717, 1.165) is 77.2 Å². The molecule has 0 saturated heterocycles. The van der Waals surface area contributed by atoms with E-state index in [0.29, 0.717) is 11.1 Å². The lowest BCUT2D eigenvalue weighted by molar-refractivity contribution is 1.17. The predicted octanol–water partition coefficient (Wildman–Crippen LogP) is 11.0. The molecule has 4 heteroatoms. The highest BCUT2D eigenvalue weighted by atomic mass is 15.0. The number of para-hydroxylation sites is 5. The number of rotatable bonds is 4. The van der Waals surface area contributed by atoms with Crippen molar-refractivity contribution in [2.45, 2.75) is 0 Å². The fraction of sp³-hybridized carbons (Fsp3) is 0. The molecule has 0 N–H and O–H groups in total. The first-order valence-corrected chi connectivity index (χ1v) is 15.9. The molecule has 4 nitrogen and oxygen atoms in total. The topological polar surface area (TPSA) is 57.4 Å². The molecule has 0 aliphatic heterocycles. The number of benzene rings is 7. The SMILES string of the molecule is N#Cc1cc(-c2ccccc2-c2ccccc2-n2c3ccccc3c3cccc(C#N)c32)ccc1-n1c2ccccc2c2ccccc21. The highest BCUT2D eigenvalue weighted by Crippen LogP contribution is 2.41. The van der Waals surface area contributed by atoms with Crippen LogP contribution in [-0.2, 0) is 0 Å². The van der Waals surface area contributed by atoms with Crippen molar-refractivity contribution in [3.05, 3.63) is 169 Å². The Morgan fingerprint density at radius 1 is 0.375 bits per heavy atom. The average Bonchev–Trinajstić information content (AvgIpc) is 3.68. The zero-order chi connectivity index (χ0) is 32.2. The minimum absolute atomic E-state index is 0.600. The van der Waals surface area contributed by atoms with Gasteiger partial charge in [0.05, 0.1) is 44.6 Å². The fourth-order valence-corrected chi connectivity index (χ4v) is 7.40. The van der Waals surface area contributed by atoms with Crippen LogP contribution in [0.4, 0.5) is 0 Å². The molecule has 2 aromatic heterocycles.